The third-order valence-electron chi connectivity index (χ3n) is 5.10. The second-order valence-electron chi connectivity index (χ2n) is 7.27. The Labute approximate surface area is 180 Å². The van der Waals surface area contributed by atoms with Crippen LogP contribution in [-0.2, 0) is 4.79 Å². The van der Waals surface area contributed by atoms with E-state index in [1.807, 2.05) is 80.6 Å². The minimum Gasteiger partial charge on any atom is -0.480 e. The molecule has 4 rings (SSSR count). The number of ether oxygens (including phenoxy) is 1. The number of carbonyl (C=O) groups excluding carboxylic acids is 1. The first kappa shape index (κ1) is 20.3. The number of carbonyl (C=O) groups is 1. The van der Waals surface area contributed by atoms with E-state index in [1.165, 1.54) is 0 Å². The van der Waals surface area contributed by atoms with E-state index in [0.717, 1.165) is 22.4 Å². The second-order valence-corrected chi connectivity index (χ2v) is 7.27. The first-order chi connectivity index (χ1) is 15.0. The Morgan fingerprint density at radius 2 is 1.61 bits per heavy atom. The molecule has 1 atom stereocenters. The van der Waals surface area contributed by atoms with Gasteiger partial charge in [-0.15, -0.1) is 10.2 Å². The van der Waals surface area contributed by atoms with Crippen LogP contribution in [0.1, 0.15) is 18.1 Å². The van der Waals surface area contributed by atoms with Crippen molar-refractivity contribution in [2.45, 2.75) is 26.9 Å². The Hall–Kier alpha value is -3.93. The minimum absolute atomic E-state index is 0.237. The van der Waals surface area contributed by atoms with Crippen LogP contribution < -0.4 is 10.1 Å². The molecule has 1 aromatic heterocycles. The zero-order valence-electron chi connectivity index (χ0n) is 17.6. The monoisotopic (exact) mass is 413 g/mol. The van der Waals surface area contributed by atoms with Crippen molar-refractivity contribution in [2.24, 2.45) is 0 Å². The number of hydrogen-bond acceptors (Lipinski definition) is 5. The number of para-hydroxylation sites is 1. The molecule has 31 heavy (non-hydrogen) atoms. The van der Waals surface area contributed by atoms with Crippen LogP contribution in [0.5, 0.6) is 5.75 Å². The molecule has 4 aromatic rings. The average molecular weight is 413 g/mol. The topological polar surface area (TPSA) is 77.2 Å². The van der Waals surface area contributed by atoms with Gasteiger partial charge in [0.1, 0.15) is 5.75 Å². The molecule has 0 spiro atoms. The van der Waals surface area contributed by atoms with Crippen molar-refractivity contribution in [2.75, 3.05) is 5.32 Å². The predicted octanol–water partition coefficient (Wildman–Crippen LogP) is 5.43. The molecule has 0 aliphatic heterocycles. The van der Waals surface area contributed by atoms with Crippen LogP contribution in [-0.4, -0.2) is 22.2 Å². The lowest BCUT2D eigenvalue weighted by atomic mass is 10.1. The standard InChI is InChI=1S/C25H23N3O3/c1-16-10-9-14-21(17(16)2)26-23(29)18(3)30-22-15-8-7-13-20(22)25-28-27-24(31-25)19-11-5-4-6-12-19/h4-15,18H,1-3H3,(H,26,29). The molecule has 0 fully saturated rings. The van der Waals surface area contributed by atoms with Crippen LogP contribution in [0.2, 0.25) is 0 Å². The fourth-order valence-electron chi connectivity index (χ4n) is 3.14. The molecule has 1 amide bonds. The van der Waals surface area contributed by atoms with Crippen LogP contribution in [0.15, 0.2) is 77.2 Å². The van der Waals surface area contributed by atoms with Crippen LogP contribution in [0.25, 0.3) is 22.9 Å². The molecule has 0 saturated carbocycles. The number of benzene rings is 3. The Morgan fingerprint density at radius 1 is 0.903 bits per heavy atom. The maximum atomic E-state index is 12.7. The van der Waals surface area contributed by atoms with E-state index < -0.39 is 6.10 Å². The summed E-state index contributed by atoms with van der Waals surface area (Å²) in [6, 6.07) is 22.7. The third-order valence-corrected chi connectivity index (χ3v) is 5.10. The number of nitrogens with zero attached hydrogens (tertiary/aromatic N) is 2. The van der Waals surface area contributed by atoms with Crippen LogP contribution in [0.3, 0.4) is 0 Å². The van der Waals surface area contributed by atoms with Crippen molar-refractivity contribution in [3.05, 3.63) is 83.9 Å². The predicted molar refractivity (Wildman–Crippen MR) is 120 cm³/mol. The smallest absolute Gasteiger partial charge is 0.265 e. The van der Waals surface area contributed by atoms with E-state index >= 15 is 0 Å². The molecule has 6 nitrogen and oxygen atoms in total. The fraction of sp³-hybridized carbons (Fsp3) is 0.160. The van der Waals surface area contributed by atoms with Gasteiger partial charge in [-0.3, -0.25) is 4.79 Å². The van der Waals surface area contributed by atoms with Gasteiger partial charge in [0, 0.05) is 11.3 Å². The first-order valence-electron chi connectivity index (χ1n) is 10.0. The summed E-state index contributed by atoms with van der Waals surface area (Å²) < 4.78 is 11.8. The van der Waals surface area contributed by atoms with Gasteiger partial charge in [0.15, 0.2) is 6.10 Å². The van der Waals surface area contributed by atoms with Crippen LogP contribution in [0, 0.1) is 13.8 Å². The zero-order chi connectivity index (χ0) is 21.8. The highest BCUT2D eigenvalue weighted by atomic mass is 16.5. The van der Waals surface area contributed by atoms with E-state index in [2.05, 4.69) is 15.5 Å². The molecule has 1 unspecified atom stereocenters. The molecule has 3 aromatic carbocycles. The van der Waals surface area contributed by atoms with Crippen molar-refractivity contribution in [1.82, 2.24) is 10.2 Å². The quantitative estimate of drug-likeness (QED) is 0.456. The largest absolute Gasteiger partial charge is 0.480 e. The van der Waals surface area contributed by atoms with Gasteiger partial charge in [0.05, 0.1) is 5.56 Å². The Balaban J connectivity index is 1.53. The van der Waals surface area contributed by atoms with Crippen molar-refractivity contribution >= 4 is 11.6 Å². The second kappa shape index (κ2) is 8.83. The number of aromatic nitrogens is 2. The molecule has 0 aliphatic carbocycles. The molecule has 156 valence electrons. The summed E-state index contributed by atoms with van der Waals surface area (Å²) in [5.74, 6) is 1.01. The highest BCUT2D eigenvalue weighted by Gasteiger charge is 2.20. The Kier molecular flexibility index (Phi) is 5.80. The lowest BCUT2D eigenvalue weighted by Crippen LogP contribution is -2.30. The van der Waals surface area contributed by atoms with Crippen LogP contribution >= 0.6 is 0 Å². The maximum absolute atomic E-state index is 12.7. The summed E-state index contributed by atoms with van der Waals surface area (Å²) in [5.41, 5.74) is 4.38. The van der Waals surface area contributed by atoms with Gasteiger partial charge in [0.25, 0.3) is 11.8 Å². The van der Waals surface area contributed by atoms with Crippen LogP contribution in [0.4, 0.5) is 5.69 Å². The number of aryl methyl sites for hydroxylation is 1. The van der Waals surface area contributed by atoms with Crippen molar-refractivity contribution in [1.29, 1.82) is 0 Å². The van der Waals surface area contributed by atoms with E-state index in [-0.39, 0.29) is 5.91 Å². The summed E-state index contributed by atoms with van der Waals surface area (Å²) in [7, 11) is 0. The van der Waals surface area contributed by atoms with Crippen molar-refractivity contribution in [3.63, 3.8) is 0 Å². The lowest BCUT2D eigenvalue weighted by molar-refractivity contribution is -0.122. The molecule has 1 N–H and O–H groups in total. The molecular formula is C25H23N3O3. The molecular weight excluding hydrogens is 390 g/mol. The number of anilines is 1. The fourth-order valence-corrected chi connectivity index (χ4v) is 3.14. The Morgan fingerprint density at radius 3 is 2.42 bits per heavy atom. The highest BCUT2D eigenvalue weighted by molar-refractivity contribution is 5.95. The molecule has 0 aliphatic rings. The summed E-state index contributed by atoms with van der Waals surface area (Å²) >= 11 is 0. The van der Waals surface area contributed by atoms with Crippen molar-refractivity contribution in [3.8, 4) is 28.7 Å². The summed E-state index contributed by atoms with van der Waals surface area (Å²) in [4.78, 5) is 12.7. The highest BCUT2D eigenvalue weighted by Crippen LogP contribution is 2.31. The normalized spacial score (nSPS) is 11.7. The van der Waals surface area contributed by atoms with Crippen molar-refractivity contribution < 1.29 is 13.9 Å². The number of amides is 1. The molecule has 0 radical (unpaired) electrons. The Bertz CT molecular complexity index is 1200. The molecule has 1 heterocycles. The number of rotatable bonds is 6. The first-order valence-corrected chi connectivity index (χ1v) is 10.0. The maximum Gasteiger partial charge on any atom is 0.265 e. The van der Waals surface area contributed by atoms with E-state index in [0.29, 0.717) is 23.1 Å². The van der Waals surface area contributed by atoms with Gasteiger partial charge in [-0.2, -0.15) is 0 Å². The third kappa shape index (κ3) is 4.48. The van der Waals surface area contributed by atoms with Gasteiger partial charge in [-0.1, -0.05) is 42.5 Å². The van der Waals surface area contributed by atoms with Gasteiger partial charge < -0.3 is 14.5 Å². The lowest BCUT2D eigenvalue weighted by Gasteiger charge is -2.17. The SMILES string of the molecule is Cc1cccc(NC(=O)C(C)Oc2ccccc2-c2nnc(-c3ccccc3)o2)c1C. The minimum atomic E-state index is -0.724. The summed E-state index contributed by atoms with van der Waals surface area (Å²) in [5, 5.41) is 11.2. The number of nitrogens with one attached hydrogen (secondary N) is 1. The van der Waals surface area contributed by atoms with Gasteiger partial charge >= 0.3 is 0 Å². The zero-order valence-corrected chi connectivity index (χ0v) is 17.6. The summed E-state index contributed by atoms with van der Waals surface area (Å²) in [6.45, 7) is 5.70. The van der Waals surface area contributed by atoms with E-state index in [9.17, 15) is 4.79 Å². The molecule has 6 heteroatoms. The number of hydrogen-bond donors (Lipinski definition) is 1. The molecule has 0 bridgehead atoms. The molecule has 0 saturated heterocycles. The summed E-state index contributed by atoms with van der Waals surface area (Å²) in [6.07, 6.45) is -0.724. The van der Waals surface area contributed by atoms with E-state index in [1.54, 1.807) is 13.0 Å². The van der Waals surface area contributed by atoms with Gasteiger partial charge in [-0.25, -0.2) is 0 Å². The van der Waals surface area contributed by atoms with E-state index in [4.69, 9.17) is 9.15 Å². The average Bonchev–Trinajstić information content (AvgIpc) is 3.28. The van der Waals surface area contributed by atoms with Gasteiger partial charge in [-0.05, 0) is 62.2 Å². The van der Waals surface area contributed by atoms with Gasteiger partial charge in [0.2, 0.25) is 5.89 Å².